The van der Waals surface area contributed by atoms with Crippen LogP contribution in [-0.4, -0.2) is 15.4 Å². The van der Waals surface area contributed by atoms with Gasteiger partial charge >= 0.3 is 11.4 Å². The lowest BCUT2D eigenvalue weighted by Crippen LogP contribution is -1.96. The Kier molecular flexibility index (Phi) is 4.57. The fourth-order valence-corrected chi connectivity index (χ4v) is 0.513. The molecule has 0 bridgehead atoms. The van der Waals surface area contributed by atoms with Crippen LogP contribution >= 0.6 is 0 Å². The second-order valence-corrected chi connectivity index (χ2v) is 2.42. The zero-order chi connectivity index (χ0) is 7.28. The Labute approximate surface area is 57.2 Å². The van der Waals surface area contributed by atoms with Gasteiger partial charge in [-0.2, -0.15) is 4.21 Å². The predicted molar refractivity (Wildman–Crippen MR) is 36.2 cm³/mol. The van der Waals surface area contributed by atoms with Crippen LogP contribution in [0.25, 0.3) is 0 Å². The van der Waals surface area contributed by atoms with Crippen molar-refractivity contribution in [3.05, 3.63) is 12.2 Å². The molecule has 1 unspecified atom stereocenters. The molecule has 0 aromatic carbocycles. The molecule has 3 nitrogen and oxygen atoms in total. The minimum absolute atomic E-state index is 0.262. The Hall–Kier alpha value is -0.190. The van der Waals surface area contributed by atoms with Gasteiger partial charge in [0.05, 0.1) is 6.61 Å². The molecule has 0 aliphatic rings. The average molecular weight is 150 g/mol. The second kappa shape index (κ2) is 4.67. The molecule has 0 aromatic heterocycles. The summed E-state index contributed by atoms with van der Waals surface area (Å²) in [6.45, 7) is 5.69. The Balaban J connectivity index is 3.10. The lowest BCUT2D eigenvalue weighted by Gasteiger charge is -1.95. The van der Waals surface area contributed by atoms with E-state index in [0.29, 0.717) is 6.42 Å². The van der Waals surface area contributed by atoms with Gasteiger partial charge in [-0.15, -0.1) is 6.58 Å². The zero-order valence-electron chi connectivity index (χ0n) is 5.29. The van der Waals surface area contributed by atoms with Crippen molar-refractivity contribution >= 4 is 11.4 Å². The van der Waals surface area contributed by atoms with Gasteiger partial charge in [-0.05, 0) is 13.3 Å². The highest BCUT2D eigenvalue weighted by atomic mass is 32.2. The Morgan fingerprint density at radius 3 is 2.78 bits per heavy atom. The van der Waals surface area contributed by atoms with E-state index in [1.165, 1.54) is 0 Å². The molecule has 0 aromatic rings. The highest BCUT2D eigenvalue weighted by Crippen LogP contribution is 1.95. The fourth-order valence-electron chi connectivity index (χ4n) is 0.287. The van der Waals surface area contributed by atoms with Crippen molar-refractivity contribution in [1.82, 2.24) is 0 Å². The van der Waals surface area contributed by atoms with E-state index < -0.39 is 11.4 Å². The third-order valence-corrected chi connectivity index (χ3v) is 1.08. The predicted octanol–water partition coefficient (Wildman–Crippen LogP) is 1.11. The molecular weight excluding hydrogens is 140 g/mol. The minimum atomic E-state index is -2.12. The summed E-state index contributed by atoms with van der Waals surface area (Å²) in [7, 11) is 0. The maximum Gasteiger partial charge on any atom is 0.301 e. The third kappa shape index (κ3) is 7.81. The highest BCUT2D eigenvalue weighted by Gasteiger charge is 1.91. The van der Waals surface area contributed by atoms with Crippen LogP contribution in [0.1, 0.15) is 13.3 Å². The normalized spacial score (nSPS) is 13.1. The maximum absolute atomic E-state index is 9.84. The Bertz CT molecular complexity index is 107. The monoisotopic (exact) mass is 150 g/mol. The van der Waals surface area contributed by atoms with Gasteiger partial charge in [0.1, 0.15) is 0 Å². The third-order valence-electron chi connectivity index (χ3n) is 0.713. The molecule has 0 rings (SSSR count). The summed E-state index contributed by atoms with van der Waals surface area (Å²) in [5.74, 6) is 0. The largest absolute Gasteiger partial charge is 0.301 e. The first-order chi connectivity index (χ1) is 4.13. The first kappa shape index (κ1) is 8.81. The molecule has 0 amide bonds. The average Bonchev–Trinajstić information content (AvgIpc) is 1.63. The van der Waals surface area contributed by atoms with Gasteiger partial charge < -0.3 is 0 Å². The van der Waals surface area contributed by atoms with E-state index in [9.17, 15) is 4.21 Å². The molecule has 1 atom stereocenters. The maximum atomic E-state index is 9.84. The van der Waals surface area contributed by atoms with Gasteiger partial charge in [-0.1, -0.05) is 5.57 Å². The number of hydrogen-bond donors (Lipinski definition) is 1. The fraction of sp³-hybridized carbons (Fsp3) is 0.600. The van der Waals surface area contributed by atoms with E-state index in [1.807, 2.05) is 6.92 Å². The van der Waals surface area contributed by atoms with Crippen LogP contribution in [0.2, 0.25) is 0 Å². The van der Waals surface area contributed by atoms with Crippen molar-refractivity contribution < 1.29 is 12.9 Å². The van der Waals surface area contributed by atoms with Gasteiger partial charge in [-0.3, -0.25) is 8.74 Å². The lowest BCUT2D eigenvalue weighted by atomic mass is 10.3. The standard InChI is InChI=1S/C5H10O3S/c1-5(2)3-4-8-9(6)7/h1,3-4H2,2H3,(H,6,7). The Morgan fingerprint density at radius 2 is 2.44 bits per heavy atom. The molecule has 0 saturated heterocycles. The Morgan fingerprint density at radius 1 is 1.89 bits per heavy atom. The molecule has 0 aliphatic heterocycles. The minimum Gasteiger partial charge on any atom is -0.284 e. The van der Waals surface area contributed by atoms with E-state index >= 15 is 0 Å². The van der Waals surface area contributed by atoms with E-state index in [0.717, 1.165) is 5.57 Å². The molecule has 9 heavy (non-hydrogen) atoms. The summed E-state index contributed by atoms with van der Waals surface area (Å²) in [5.41, 5.74) is 0.945. The van der Waals surface area contributed by atoms with Gasteiger partial charge in [0.25, 0.3) is 0 Å². The van der Waals surface area contributed by atoms with E-state index in [-0.39, 0.29) is 6.61 Å². The van der Waals surface area contributed by atoms with Crippen molar-refractivity contribution in [2.24, 2.45) is 0 Å². The molecule has 4 heteroatoms. The summed E-state index contributed by atoms with van der Waals surface area (Å²) in [6, 6.07) is 0. The molecule has 0 fully saturated rings. The molecule has 0 radical (unpaired) electrons. The van der Waals surface area contributed by atoms with Crippen LogP contribution in [-0.2, 0) is 15.5 Å². The first-order valence-electron chi connectivity index (χ1n) is 2.51. The number of hydrogen-bond acceptors (Lipinski definition) is 2. The van der Waals surface area contributed by atoms with Gasteiger partial charge in [0.15, 0.2) is 0 Å². The molecule has 0 heterocycles. The van der Waals surface area contributed by atoms with Crippen LogP contribution in [0, 0.1) is 0 Å². The topological polar surface area (TPSA) is 46.5 Å². The van der Waals surface area contributed by atoms with E-state index in [4.69, 9.17) is 4.55 Å². The molecule has 54 valence electrons. The number of rotatable bonds is 4. The summed E-state index contributed by atoms with van der Waals surface area (Å²) < 4.78 is 22.2. The van der Waals surface area contributed by atoms with Crippen LogP contribution in [0.3, 0.4) is 0 Å². The van der Waals surface area contributed by atoms with Crippen molar-refractivity contribution in [3.8, 4) is 0 Å². The van der Waals surface area contributed by atoms with Crippen molar-refractivity contribution in [2.45, 2.75) is 13.3 Å². The van der Waals surface area contributed by atoms with Crippen molar-refractivity contribution in [1.29, 1.82) is 0 Å². The second-order valence-electron chi connectivity index (χ2n) is 1.75. The summed E-state index contributed by atoms with van der Waals surface area (Å²) in [6.07, 6.45) is 0.631. The van der Waals surface area contributed by atoms with Crippen LogP contribution < -0.4 is 0 Å². The summed E-state index contributed by atoms with van der Waals surface area (Å²) in [5, 5.41) is 0. The molecule has 0 spiro atoms. The lowest BCUT2D eigenvalue weighted by molar-refractivity contribution is 0.310. The summed E-state index contributed by atoms with van der Waals surface area (Å²) in [4.78, 5) is 0. The van der Waals surface area contributed by atoms with Gasteiger partial charge in [0.2, 0.25) is 0 Å². The van der Waals surface area contributed by atoms with Crippen LogP contribution in [0.4, 0.5) is 0 Å². The molecular formula is C5H10O3S. The smallest absolute Gasteiger partial charge is 0.284 e. The van der Waals surface area contributed by atoms with Gasteiger partial charge in [0, 0.05) is 0 Å². The summed E-state index contributed by atoms with van der Waals surface area (Å²) >= 11 is -2.12. The van der Waals surface area contributed by atoms with E-state index in [2.05, 4.69) is 10.8 Å². The SMILES string of the molecule is C=C(C)CCOS(=O)O. The molecule has 0 aliphatic carbocycles. The highest BCUT2D eigenvalue weighted by molar-refractivity contribution is 7.74. The van der Waals surface area contributed by atoms with Crippen LogP contribution in [0.5, 0.6) is 0 Å². The molecule has 0 saturated carbocycles. The van der Waals surface area contributed by atoms with E-state index in [1.54, 1.807) is 0 Å². The van der Waals surface area contributed by atoms with Crippen LogP contribution in [0.15, 0.2) is 12.2 Å². The first-order valence-corrected chi connectivity index (χ1v) is 3.54. The quantitative estimate of drug-likeness (QED) is 0.482. The van der Waals surface area contributed by atoms with Crippen molar-refractivity contribution in [3.63, 3.8) is 0 Å². The van der Waals surface area contributed by atoms with Crippen molar-refractivity contribution in [2.75, 3.05) is 6.61 Å². The molecule has 1 N–H and O–H groups in total. The van der Waals surface area contributed by atoms with Gasteiger partial charge in [-0.25, -0.2) is 0 Å². The zero-order valence-corrected chi connectivity index (χ0v) is 6.11.